The Labute approximate surface area is 116 Å². The highest BCUT2D eigenvalue weighted by atomic mass is 19.2. The SMILES string of the molecule is CCOC(=O)/C(C)=N/NC(=O)CN(F)c1ccccc1. The van der Waals surface area contributed by atoms with Gasteiger partial charge in [0.15, 0.2) is 0 Å². The minimum absolute atomic E-state index is 0.00896. The van der Waals surface area contributed by atoms with Crippen molar-refractivity contribution in [1.82, 2.24) is 5.43 Å². The van der Waals surface area contributed by atoms with Crippen molar-refractivity contribution in [3.05, 3.63) is 30.3 Å². The molecule has 0 atom stereocenters. The highest BCUT2D eigenvalue weighted by Crippen LogP contribution is 2.12. The molecule has 20 heavy (non-hydrogen) atoms. The molecule has 0 aliphatic carbocycles. The highest BCUT2D eigenvalue weighted by molar-refractivity contribution is 6.35. The van der Waals surface area contributed by atoms with Gasteiger partial charge >= 0.3 is 5.97 Å². The third-order valence-electron chi connectivity index (χ3n) is 2.24. The number of hydrogen-bond donors (Lipinski definition) is 1. The summed E-state index contributed by atoms with van der Waals surface area (Å²) in [7, 11) is 0. The summed E-state index contributed by atoms with van der Waals surface area (Å²) in [6, 6.07) is 8.11. The molecule has 0 aliphatic heterocycles. The van der Waals surface area contributed by atoms with Gasteiger partial charge in [-0.1, -0.05) is 22.7 Å². The number of carbonyl (C=O) groups excluding carboxylic acids is 2. The number of rotatable bonds is 6. The van der Waals surface area contributed by atoms with E-state index in [1.165, 1.54) is 19.1 Å². The lowest BCUT2D eigenvalue weighted by molar-refractivity contribution is -0.135. The van der Waals surface area contributed by atoms with Gasteiger partial charge in [-0.15, -0.1) is 0 Å². The second-order valence-electron chi connectivity index (χ2n) is 3.81. The Balaban J connectivity index is 2.48. The number of hydrazone groups is 1. The maximum atomic E-state index is 13.6. The lowest BCUT2D eigenvalue weighted by Crippen LogP contribution is -2.31. The van der Waals surface area contributed by atoms with E-state index in [9.17, 15) is 14.1 Å². The fraction of sp³-hybridized carbons (Fsp3) is 0.308. The number of carbonyl (C=O) groups is 2. The van der Waals surface area contributed by atoms with Crippen LogP contribution in [0.25, 0.3) is 0 Å². The second-order valence-corrected chi connectivity index (χ2v) is 3.81. The summed E-state index contributed by atoms with van der Waals surface area (Å²) in [6.45, 7) is 2.74. The molecule has 1 aromatic carbocycles. The quantitative estimate of drug-likeness (QED) is 0.370. The van der Waals surface area contributed by atoms with E-state index in [0.717, 1.165) is 0 Å². The Kier molecular flexibility index (Phi) is 6.15. The first kappa shape index (κ1) is 15.6. The number of amides is 1. The van der Waals surface area contributed by atoms with Crippen LogP contribution in [-0.2, 0) is 14.3 Å². The van der Waals surface area contributed by atoms with Crippen molar-refractivity contribution >= 4 is 23.3 Å². The first-order valence-electron chi connectivity index (χ1n) is 6.03. The van der Waals surface area contributed by atoms with Crippen LogP contribution < -0.4 is 10.5 Å². The number of nitrogens with one attached hydrogen (secondary N) is 1. The van der Waals surface area contributed by atoms with Gasteiger partial charge in [0, 0.05) is 0 Å². The van der Waals surface area contributed by atoms with Gasteiger partial charge in [-0.3, -0.25) is 4.79 Å². The zero-order chi connectivity index (χ0) is 15.0. The van der Waals surface area contributed by atoms with Gasteiger partial charge in [0.05, 0.1) is 12.3 Å². The van der Waals surface area contributed by atoms with Crippen molar-refractivity contribution in [1.29, 1.82) is 0 Å². The van der Waals surface area contributed by atoms with Crippen LogP contribution >= 0.6 is 0 Å². The summed E-state index contributed by atoms with van der Waals surface area (Å²) in [4.78, 5) is 22.7. The largest absolute Gasteiger partial charge is 0.461 e. The van der Waals surface area contributed by atoms with Crippen molar-refractivity contribution in [2.45, 2.75) is 13.8 Å². The minimum atomic E-state index is -0.681. The van der Waals surface area contributed by atoms with Crippen LogP contribution in [0.15, 0.2) is 35.4 Å². The Morgan fingerprint density at radius 2 is 2.00 bits per heavy atom. The molecule has 0 aromatic heterocycles. The van der Waals surface area contributed by atoms with E-state index in [4.69, 9.17) is 0 Å². The molecule has 0 saturated heterocycles. The van der Waals surface area contributed by atoms with Crippen LogP contribution in [0.2, 0.25) is 0 Å². The summed E-state index contributed by atoms with van der Waals surface area (Å²) >= 11 is 0. The molecular formula is C13H16FN3O3. The summed E-state index contributed by atoms with van der Waals surface area (Å²) in [5, 5.41) is 3.82. The predicted molar refractivity (Wildman–Crippen MR) is 72.8 cm³/mol. The molecule has 108 valence electrons. The molecule has 0 spiro atoms. The van der Waals surface area contributed by atoms with Crippen LogP contribution in [0.1, 0.15) is 13.8 Å². The van der Waals surface area contributed by atoms with Crippen molar-refractivity contribution in [2.24, 2.45) is 5.10 Å². The van der Waals surface area contributed by atoms with Crippen LogP contribution in [-0.4, -0.2) is 30.7 Å². The Hall–Kier alpha value is -2.44. The summed E-state index contributed by atoms with van der Waals surface area (Å²) < 4.78 is 18.3. The second kappa shape index (κ2) is 7.88. The maximum Gasteiger partial charge on any atom is 0.354 e. The standard InChI is InChI=1S/C13H16FN3O3/c1-3-20-13(19)10(2)15-16-12(18)9-17(14)11-7-5-4-6-8-11/h4-8H,3,9H2,1-2H3,(H,16,18)/b15-10+. The molecule has 0 saturated carbocycles. The fourth-order valence-corrected chi connectivity index (χ4v) is 1.27. The molecule has 0 bridgehead atoms. The number of benzene rings is 1. The van der Waals surface area contributed by atoms with Gasteiger partial charge in [0.2, 0.25) is 0 Å². The number of para-hydroxylation sites is 1. The first-order chi connectivity index (χ1) is 9.54. The molecule has 0 unspecified atom stereocenters. The van der Waals surface area contributed by atoms with Crippen molar-refractivity contribution in [3.63, 3.8) is 0 Å². The number of nitrogens with zero attached hydrogens (tertiary/aromatic N) is 2. The van der Waals surface area contributed by atoms with Gasteiger partial charge in [-0.25, -0.2) is 15.3 Å². The van der Waals surface area contributed by atoms with Crippen molar-refractivity contribution < 1.29 is 18.8 Å². The molecule has 0 aliphatic rings. The minimum Gasteiger partial charge on any atom is -0.461 e. The molecule has 1 rings (SSSR count). The monoisotopic (exact) mass is 281 g/mol. The van der Waals surface area contributed by atoms with Crippen molar-refractivity contribution in [3.8, 4) is 0 Å². The molecule has 7 heteroatoms. The number of anilines is 1. The maximum absolute atomic E-state index is 13.6. The fourth-order valence-electron chi connectivity index (χ4n) is 1.27. The summed E-state index contributed by atoms with van der Waals surface area (Å²) in [5.41, 5.74) is 2.34. The third-order valence-corrected chi connectivity index (χ3v) is 2.24. The van der Waals surface area contributed by atoms with Gasteiger partial charge in [0.25, 0.3) is 5.91 Å². The van der Waals surface area contributed by atoms with Crippen LogP contribution in [0.5, 0.6) is 0 Å². The average Bonchev–Trinajstić information content (AvgIpc) is 2.45. The Morgan fingerprint density at radius 3 is 2.60 bits per heavy atom. The van der Waals surface area contributed by atoms with Crippen LogP contribution in [0.4, 0.5) is 10.2 Å². The predicted octanol–water partition coefficient (Wildman–Crippen LogP) is 1.43. The Morgan fingerprint density at radius 1 is 1.35 bits per heavy atom. The zero-order valence-corrected chi connectivity index (χ0v) is 11.3. The smallest absolute Gasteiger partial charge is 0.354 e. The molecule has 0 radical (unpaired) electrons. The third kappa shape index (κ3) is 5.05. The van der Waals surface area contributed by atoms with E-state index >= 15 is 0 Å². The van der Waals surface area contributed by atoms with Crippen LogP contribution in [0, 0.1) is 0 Å². The molecule has 0 fully saturated rings. The van der Waals surface area contributed by atoms with Gasteiger partial charge in [-0.05, 0) is 26.0 Å². The molecular weight excluding hydrogens is 265 g/mol. The highest BCUT2D eigenvalue weighted by Gasteiger charge is 2.11. The number of esters is 1. The molecule has 0 heterocycles. The van der Waals surface area contributed by atoms with E-state index in [0.29, 0.717) is 0 Å². The molecule has 6 nitrogen and oxygen atoms in total. The zero-order valence-electron chi connectivity index (χ0n) is 11.3. The van der Waals surface area contributed by atoms with Crippen molar-refractivity contribution in [2.75, 3.05) is 18.3 Å². The average molecular weight is 281 g/mol. The van der Waals surface area contributed by atoms with E-state index < -0.39 is 18.4 Å². The van der Waals surface area contributed by atoms with E-state index in [2.05, 4.69) is 15.3 Å². The summed E-state index contributed by atoms with van der Waals surface area (Å²) in [6.07, 6.45) is 0. The Bertz CT molecular complexity index is 491. The lowest BCUT2D eigenvalue weighted by atomic mass is 10.3. The number of ether oxygens (including phenoxy) is 1. The molecule has 1 N–H and O–H groups in total. The normalized spacial score (nSPS) is 10.8. The molecule has 1 aromatic rings. The van der Waals surface area contributed by atoms with E-state index in [-0.39, 0.29) is 23.1 Å². The van der Waals surface area contributed by atoms with E-state index in [1.54, 1.807) is 25.1 Å². The van der Waals surface area contributed by atoms with Crippen LogP contribution in [0.3, 0.4) is 0 Å². The van der Waals surface area contributed by atoms with Gasteiger partial charge < -0.3 is 4.74 Å². The lowest BCUT2D eigenvalue weighted by Gasteiger charge is -2.12. The number of halogens is 1. The summed E-state index contributed by atoms with van der Waals surface area (Å²) in [5.74, 6) is -1.31. The van der Waals surface area contributed by atoms with E-state index in [1.807, 2.05) is 0 Å². The topological polar surface area (TPSA) is 71.0 Å². The first-order valence-corrected chi connectivity index (χ1v) is 6.03. The molecule has 1 amide bonds. The van der Waals surface area contributed by atoms with Gasteiger partial charge in [-0.2, -0.15) is 5.10 Å². The van der Waals surface area contributed by atoms with Gasteiger partial charge in [0.1, 0.15) is 12.3 Å². The number of hydrogen-bond acceptors (Lipinski definition) is 5.